The molecule has 1 heterocycles. The van der Waals surface area contributed by atoms with Gasteiger partial charge in [-0.3, -0.25) is 0 Å². The van der Waals surface area contributed by atoms with E-state index in [-0.39, 0.29) is 11.8 Å². The lowest BCUT2D eigenvalue weighted by molar-refractivity contribution is 0.277. The third-order valence-corrected chi connectivity index (χ3v) is 2.55. The minimum Gasteiger partial charge on any atom is -0.423 e. The molecule has 0 aromatic heterocycles. The molecule has 1 unspecified atom stereocenters. The minimum atomic E-state index is -0.427. The molecule has 11 heavy (non-hydrogen) atoms. The van der Waals surface area contributed by atoms with E-state index in [2.05, 4.69) is 0 Å². The van der Waals surface area contributed by atoms with E-state index >= 15 is 0 Å². The summed E-state index contributed by atoms with van der Waals surface area (Å²) in [6, 6.07) is -0.427. The first-order valence-corrected chi connectivity index (χ1v) is 3.95. The Balaban J connectivity index is 2.98. The molecular formula is C5H9IN4O. The van der Waals surface area contributed by atoms with Gasteiger partial charge in [-0.1, -0.05) is 0 Å². The zero-order valence-corrected chi connectivity index (χ0v) is 7.83. The van der Waals surface area contributed by atoms with Crippen LogP contribution in [0.25, 0.3) is 0 Å². The van der Waals surface area contributed by atoms with E-state index in [4.69, 9.17) is 27.7 Å². The molecule has 1 aliphatic rings. The highest BCUT2D eigenvalue weighted by atomic mass is 127. The van der Waals surface area contributed by atoms with Gasteiger partial charge in [0.05, 0.1) is 15.3 Å². The average Bonchev–Trinajstić information content (AvgIpc) is 1.97. The summed E-state index contributed by atoms with van der Waals surface area (Å²) in [6.07, 6.45) is 0. The second-order valence-corrected chi connectivity index (χ2v) is 3.27. The molecule has 5 nitrogen and oxygen atoms in total. The maximum atomic E-state index is 5.61. The molecule has 0 aromatic rings. The molecule has 0 radical (unpaired) electrons. The molecule has 0 saturated heterocycles. The van der Waals surface area contributed by atoms with Crippen molar-refractivity contribution in [2.75, 3.05) is 0 Å². The topological polar surface area (TPSA) is 113 Å². The Kier molecular flexibility index (Phi) is 2.14. The van der Waals surface area contributed by atoms with E-state index in [0.29, 0.717) is 9.28 Å². The summed E-state index contributed by atoms with van der Waals surface area (Å²) in [6.45, 7) is 0. The molecule has 6 heteroatoms. The van der Waals surface area contributed by atoms with Gasteiger partial charge in [-0.05, 0) is 22.6 Å². The molecule has 62 valence electrons. The van der Waals surface area contributed by atoms with Gasteiger partial charge in [0.15, 0.2) is 0 Å². The summed E-state index contributed by atoms with van der Waals surface area (Å²) in [5.74, 6) is 0.320. The largest absolute Gasteiger partial charge is 0.423 e. The van der Waals surface area contributed by atoms with Crippen molar-refractivity contribution in [2.45, 2.75) is 6.04 Å². The van der Waals surface area contributed by atoms with Crippen LogP contribution in [0.4, 0.5) is 0 Å². The maximum Gasteiger partial charge on any atom is 0.213 e. The summed E-state index contributed by atoms with van der Waals surface area (Å²) < 4.78 is 5.56. The van der Waals surface area contributed by atoms with Crippen molar-refractivity contribution in [1.29, 1.82) is 0 Å². The Hall–Kier alpha value is -0.630. The van der Waals surface area contributed by atoms with Crippen LogP contribution >= 0.6 is 22.6 Å². The smallest absolute Gasteiger partial charge is 0.213 e. The predicted molar refractivity (Wildman–Crippen MR) is 49.7 cm³/mol. The minimum absolute atomic E-state index is 0.0930. The first kappa shape index (κ1) is 8.47. The SMILES string of the molecule is NC1=C(N)C(N)C(I)=C(N)O1. The third kappa shape index (κ3) is 1.36. The van der Waals surface area contributed by atoms with Gasteiger partial charge in [-0.25, -0.2) is 0 Å². The molecule has 0 bridgehead atoms. The fraction of sp³-hybridized carbons (Fsp3) is 0.200. The van der Waals surface area contributed by atoms with Gasteiger partial charge in [0.25, 0.3) is 0 Å². The van der Waals surface area contributed by atoms with Crippen LogP contribution in [-0.2, 0) is 4.74 Å². The van der Waals surface area contributed by atoms with E-state index in [1.54, 1.807) is 0 Å². The summed E-state index contributed by atoms with van der Waals surface area (Å²) >= 11 is 1.97. The van der Waals surface area contributed by atoms with Crippen molar-refractivity contribution in [3.05, 3.63) is 21.0 Å². The number of hydrogen-bond acceptors (Lipinski definition) is 5. The van der Waals surface area contributed by atoms with E-state index in [1.165, 1.54) is 0 Å². The molecule has 1 atom stereocenters. The summed E-state index contributed by atoms with van der Waals surface area (Å²) in [4.78, 5) is 0. The van der Waals surface area contributed by atoms with Crippen molar-refractivity contribution in [3.8, 4) is 0 Å². The van der Waals surface area contributed by atoms with Gasteiger partial charge in [0.1, 0.15) is 0 Å². The molecule has 1 rings (SSSR count). The normalized spacial score (nSPS) is 25.5. The predicted octanol–water partition coefficient (Wildman–Crippen LogP) is -1.01. The van der Waals surface area contributed by atoms with Crippen LogP contribution in [0.1, 0.15) is 0 Å². The Labute approximate surface area is 77.5 Å². The van der Waals surface area contributed by atoms with Crippen LogP contribution in [0.3, 0.4) is 0 Å². The van der Waals surface area contributed by atoms with Crippen molar-refractivity contribution in [1.82, 2.24) is 0 Å². The number of hydrogen-bond donors (Lipinski definition) is 4. The first-order valence-electron chi connectivity index (χ1n) is 2.87. The first-order chi connectivity index (χ1) is 5.04. The van der Waals surface area contributed by atoms with E-state index in [1.807, 2.05) is 22.6 Å². The van der Waals surface area contributed by atoms with E-state index in [0.717, 1.165) is 0 Å². The van der Waals surface area contributed by atoms with Crippen LogP contribution in [0.5, 0.6) is 0 Å². The van der Waals surface area contributed by atoms with Crippen LogP contribution in [0.15, 0.2) is 21.0 Å². The molecular weight excluding hydrogens is 259 g/mol. The van der Waals surface area contributed by atoms with Crippen LogP contribution < -0.4 is 22.9 Å². The molecule has 1 aliphatic heterocycles. The zero-order chi connectivity index (χ0) is 8.59. The second-order valence-electron chi connectivity index (χ2n) is 2.11. The van der Waals surface area contributed by atoms with E-state index in [9.17, 15) is 0 Å². The fourth-order valence-corrected chi connectivity index (χ4v) is 1.11. The van der Waals surface area contributed by atoms with Crippen LogP contribution in [0.2, 0.25) is 0 Å². The molecule has 0 aliphatic carbocycles. The Morgan fingerprint density at radius 3 is 2.27 bits per heavy atom. The highest BCUT2D eigenvalue weighted by molar-refractivity contribution is 14.1. The Morgan fingerprint density at radius 1 is 1.18 bits per heavy atom. The van der Waals surface area contributed by atoms with Crippen molar-refractivity contribution >= 4 is 22.6 Å². The quantitative estimate of drug-likeness (QED) is 0.420. The summed E-state index contributed by atoms with van der Waals surface area (Å²) in [5, 5.41) is 0. The highest BCUT2D eigenvalue weighted by Gasteiger charge is 2.23. The lowest BCUT2D eigenvalue weighted by Crippen LogP contribution is -2.36. The van der Waals surface area contributed by atoms with E-state index < -0.39 is 6.04 Å². The molecule has 0 aromatic carbocycles. The standard InChI is InChI=1S/C5H9IN4O/c6-1-2(7)3(8)5(10)11-4(1)9/h2H,7-10H2. The number of halogens is 1. The second kappa shape index (κ2) is 2.78. The third-order valence-electron chi connectivity index (χ3n) is 1.35. The monoisotopic (exact) mass is 268 g/mol. The van der Waals surface area contributed by atoms with Crippen molar-refractivity contribution in [2.24, 2.45) is 22.9 Å². The maximum absolute atomic E-state index is 5.61. The molecule has 0 spiro atoms. The van der Waals surface area contributed by atoms with Gasteiger partial charge in [-0.2, -0.15) is 0 Å². The van der Waals surface area contributed by atoms with Gasteiger partial charge in [0, 0.05) is 0 Å². The van der Waals surface area contributed by atoms with Crippen molar-refractivity contribution < 1.29 is 4.74 Å². The lowest BCUT2D eigenvalue weighted by atomic mass is 10.2. The number of rotatable bonds is 0. The van der Waals surface area contributed by atoms with Gasteiger partial charge < -0.3 is 27.7 Å². The van der Waals surface area contributed by atoms with Crippen LogP contribution in [-0.4, -0.2) is 6.04 Å². The van der Waals surface area contributed by atoms with Gasteiger partial charge in [0.2, 0.25) is 11.8 Å². The lowest BCUT2D eigenvalue weighted by Gasteiger charge is -2.21. The number of nitrogens with two attached hydrogens (primary N) is 4. The van der Waals surface area contributed by atoms with Crippen LogP contribution in [0, 0.1) is 0 Å². The summed E-state index contributed by atoms with van der Waals surface area (Å²) in [5.41, 5.74) is 22.2. The Morgan fingerprint density at radius 2 is 1.73 bits per heavy atom. The summed E-state index contributed by atoms with van der Waals surface area (Å²) in [7, 11) is 0. The molecule has 0 saturated carbocycles. The molecule has 8 N–H and O–H groups in total. The van der Waals surface area contributed by atoms with Crippen molar-refractivity contribution in [3.63, 3.8) is 0 Å². The number of ether oxygens (including phenoxy) is 1. The van der Waals surface area contributed by atoms with Gasteiger partial charge in [-0.15, -0.1) is 0 Å². The molecule has 0 amide bonds. The fourth-order valence-electron chi connectivity index (χ4n) is 0.669. The molecule has 0 fully saturated rings. The Bertz CT molecular complexity index is 223. The average molecular weight is 268 g/mol. The zero-order valence-electron chi connectivity index (χ0n) is 5.67. The highest BCUT2D eigenvalue weighted by Crippen LogP contribution is 2.23. The van der Waals surface area contributed by atoms with Gasteiger partial charge >= 0.3 is 0 Å².